The van der Waals surface area contributed by atoms with Gasteiger partial charge in [0.15, 0.2) is 5.82 Å². The second-order valence-electron chi connectivity index (χ2n) is 6.36. The molecule has 0 aromatic carbocycles. The molecule has 2 aromatic heterocycles. The second-order valence-corrected chi connectivity index (χ2v) is 7.82. The third kappa shape index (κ3) is 4.89. The second kappa shape index (κ2) is 7.73. The largest absolute Gasteiger partial charge is 0.346 e. The van der Waals surface area contributed by atoms with Crippen molar-refractivity contribution in [2.24, 2.45) is 5.92 Å². The van der Waals surface area contributed by atoms with Gasteiger partial charge in [-0.3, -0.25) is 9.89 Å². The third-order valence-corrected chi connectivity index (χ3v) is 4.88. The van der Waals surface area contributed by atoms with Crippen molar-refractivity contribution >= 4 is 17.2 Å². The Bertz CT molecular complexity index is 659. The molecule has 2 aromatic rings. The molecule has 5 nitrogen and oxygen atoms in total. The van der Waals surface area contributed by atoms with E-state index in [1.54, 1.807) is 0 Å². The maximum absolute atomic E-state index is 12.2. The number of carbonyl (C=O) groups excluding carboxylic acids is 1. The number of nitrogens with one attached hydrogen (secondary N) is 2. The number of hydrogen-bond donors (Lipinski definition) is 2. The van der Waals surface area contributed by atoms with E-state index in [2.05, 4.69) is 54.3 Å². The minimum atomic E-state index is -0.141. The van der Waals surface area contributed by atoms with Crippen LogP contribution in [0.2, 0.25) is 0 Å². The Morgan fingerprint density at radius 3 is 2.61 bits per heavy atom. The fourth-order valence-corrected chi connectivity index (χ4v) is 3.62. The molecule has 0 radical (unpaired) electrons. The van der Waals surface area contributed by atoms with Gasteiger partial charge in [0.1, 0.15) is 5.82 Å². The van der Waals surface area contributed by atoms with Crippen molar-refractivity contribution in [3.63, 3.8) is 0 Å². The van der Waals surface area contributed by atoms with Gasteiger partial charge >= 0.3 is 0 Å². The first-order valence-corrected chi connectivity index (χ1v) is 8.92. The van der Waals surface area contributed by atoms with Crippen molar-refractivity contribution < 1.29 is 4.79 Å². The number of aromatic nitrogens is 3. The van der Waals surface area contributed by atoms with Crippen LogP contribution in [0.15, 0.2) is 6.07 Å². The summed E-state index contributed by atoms with van der Waals surface area (Å²) in [4.78, 5) is 19.3. The number of nitrogens with zero attached hydrogens (tertiary/aromatic N) is 2. The summed E-state index contributed by atoms with van der Waals surface area (Å²) >= 11 is 1.82. The van der Waals surface area contributed by atoms with Gasteiger partial charge in [-0.25, -0.2) is 4.98 Å². The zero-order valence-corrected chi connectivity index (χ0v) is 15.4. The van der Waals surface area contributed by atoms with Crippen molar-refractivity contribution in [1.82, 2.24) is 20.5 Å². The van der Waals surface area contributed by atoms with E-state index in [0.717, 1.165) is 18.7 Å². The summed E-state index contributed by atoms with van der Waals surface area (Å²) in [6.07, 6.45) is 2.34. The SMILES string of the molecule is Cc1nc(C(NC(=O)CCCc2cc(C)sc2C)C(C)C)n[nH]1. The van der Waals surface area contributed by atoms with E-state index in [1.807, 2.05) is 18.3 Å². The fraction of sp³-hybridized carbons (Fsp3) is 0.588. The molecule has 0 aliphatic carbocycles. The summed E-state index contributed by atoms with van der Waals surface area (Å²) in [5.41, 5.74) is 1.37. The molecule has 2 rings (SSSR count). The van der Waals surface area contributed by atoms with Gasteiger partial charge in [-0.2, -0.15) is 5.10 Å². The molecule has 2 heterocycles. The lowest BCUT2D eigenvalue weighted by Gasteiger charge is -2.19. The first kappa shape index (κ1) is 17.7. The van der Waals surface area contributed by atoms with Crippen LogP contribution >= 0.6 is 11.3 Å². The number of carbonyl (C=O) groups is 1. The van der Waals surface area contributed by atoms with E-state index in [4.69, 9.17) is 0 Å². The fourth-order valence-electron chi connectivity index (χ4n) is 2.65. The van der Waals surface area contributed by atoms with Crippen LogP contribution in [0.25, 0.3) is 0 Å². The number of amides is 1. The maximum Gasteiger partial charge on any atom is 0.220 e. The molecule has 0 aliphatic rings. The number of aryl methyl sites for hydroxylation is 4. The van der Waals surface area contributed by atoms with Crippen molar-refractivity contribution in [3.05, 3.63) is 33.0 Å². The summed E-state index contributed by atoms with van der Waals surface area (Å²) < 4.78 is 0. The maximum atomic E-state index is 12.2. The highest BCUT2D eigenvalue weighted by atomic mass is 32.1. The predicted molar refractivity (Wildman–Crippen MR) is 93.6 cm³/mol. The topological polar surface area (TPSA) is 70.7 Å². The smallest absolute Gasteiger partial charge is 0.220 e. The molecule has 2 N–H and O–H groups in total. The van der Waals surface area contributed by atoms with Gasteiger partial charge in [0.2, 0.25) is 5.91 Å². The summed E-state index contributed by atoms with van der Waals surface area (Å²) in [5, 5.41) is 10.1. The van der Waals surface area contributed by atoms with Gasteiger partial charge in [0.05, 0.1) is 6.04 Å². The molecule has 0 spiro atoms. The predicted octanol–water partition coefficient (Wildman–Crippen LogP) is 3.63. The summed E-state index contributed by atoms with van der Waals surface area (Å²) in [5.74, 6) is 1.74. The highest BCUT2D eigenvalue weighted by Crippen LogP contribution is 2.22. The van der Waals surface area contributed by atoms with Crippen LogP contribution in [0.4, 0.5) is 0 Å². The standard InChI is InChI=1S/C17H26N4OS/c1-10(2)16(17-18-13(5)20-21-17)19-15(22)8-6-7-14-9-11(3)23-12(14)4/h9-10,16H,6-8H2,1-5H3,(H,19,22)(H,18,20,21). The van der Waals surface area contributed by atoms with Crippen LogP contribution in [0.1, 0.15) is 59.7 Å². The molecule has 0 saturated heterocycles. The van der Waals surface area contributed by atoms with Crippen molar-refractivity contribution in [3.8, 4) is 0 Å². The first-order chi connectivity index (χ1) is 10.9. The van der Waals surface area contributed by atoms with Crippen LogP contribution in [0, 0.1) is 26.7 Å². The Balaban J connectivity index is 1.86. The molecule has 6 heteroatoms. The molecule has 23 heavy (non-hydrogen) atoms. The lowest BCUT2D eigenvalue weighted by molar-refractivity contribution is -0.122. The Kier molecular flexibility index (Phi) is 5.93. The van der Waals surface area contributed by atoms with E-state index in [9.17, 15) is 4.79 Å². The van der Waals surface area contributed by atoms with Gasteiger partial charge in [-0.15, -0.1) is 11.3 Å². The summed E-state index contributed by atoms with van der Waals surface area (Å²) in [6.45, 7) is 10.3. The first-order valence-electron chi connectivity index (χ1n) is 8.11. The van der Waals surface area contributed by atoms with Crippen molar-refractivity contribution in [2.45, 2.75) is 59.9 Å². The highest BCUT2D eigenvalue weighted by molar-refractivity contribution is 7.12. The minimum absolute atomic E-state index is 0.0655. The van der Waals surface area contributed by atoms with Crippen LogP contribution in [-0.4, -0.2) is 21.1 Å². The Morgan fingerprint density at radius 1 is 1.35 bits per heavy atom. The molecule has 0 aliphatic heterocycles. The molecule has 126 valence electrons. The number of rotatable bonds is 7. The van der Waals surface area contributed by atoms with E-state index >= 15 is 0 Å². The summed E-state index contributed by atoms with van der Waals surface area (Å²) in [7, 11) is 0. The molecule has 0 saturated carbocycles. The van der Waals surface area contributed by atoms with Gasteiger partial charge in [-0.1, -0.05) is 13.8 Å². The van der Waals surface area contributed by atoms with Crippen molar-refractivity contribution in [1.29, 1.82) is 0 Å². The van der Waals surface area contributed by atoms with Crippen molar-refractivity contribution in [2.75, 3.05) is 0 Å². The molecule has 0 bridgehead atoms. The lowest BCUT2D eigenvalue weighted by Crippen LogP contribution is -2.32. The quantitative estimate of drug-likeness (QED) is 0.812. The van der Waals surface area contributed by atoms with E-state index in [0.29, 0.717) is 12.2 Å². The van der Waals surface area contributed by atoms with Gasteiger partial charge < -0.3 is 5.32 Å². The zero-order valence-electron chi connectivity index (χ0n) is 14.6. The number of thiophene rings is 1. The monoisotopic (exact) mass is 334 g/mol. The van der Waals surface area contributed by atoms with Crippen LogP contribution in [-0.2, 0) is 11.2 Å². The lowest BCUT2D eigenvalue weighted by atomic mass is 10.0. The number of aromatic amines is 1. The van der Waals surface area contributed by atoms with Crippen LogP contribution in [0.3, 0.4) is 0 Å². The van der Waals surface area contributed by atoms with E-state index < -0.39 is 0 Å². The third-order valence-electron chi connectivity index (χ3n) is 3.87. The highest BCUT2D eigenvalue weighted by Gasteiger charge is 2.22. The number of hydrogen-bond acceptors (Lipinski definition) is 4. The molecule has 1 amide bonds. The normalized spacial score (nSPS) is 12.6. The zero-order chi connectivity index (χ0) is 17.0. The van der Waals surface area contributed by atoms with Gasteiger partial charge in [0.25, 0.3) is 0 Å². The molecular weight excluding hydrogens is 308 g/mol. The van der Waals surface area contributed by atoms with Gasteiger partial charge in [0, 0.05) is 16.2 Å². The minimum Gasteiger partial charge on any atom is -0.346 e. The Hall–Kier alpha value is -1.69. The van der Waals surface area contributed by atoms with E-state index in [1.165, 1.54) is 15.3 Å². The van der Waals surface area contributed by atoms with Gasteiger partial charge in [-0.05, 0) is 51.2 Å². The molecular formula is C17H26N4OS. The van der Waals surface area contributed by atoms with Crippen LogP contribution in [0.5, 0.6) is 0 Å². The number of H-pyrrole nitrogens is 1. The summed E-state index contributed by atoms with van der Waals surface area (Å²) in [6, 6.07) is 2.09. The molecule has 0 fully saturated rings. The Morgan fingerprint density at radius 2 is 2.09 bits per heavy atom. The van der Waals surface area contributed by atoms with E-state index in [-0.39, 0.29) is 17.9 Å². The Labute approximate surface area is 141 Å². The average molecular weight is 334 g/mol. The molecule has 1 unspecified atom stereocenters. The van der Waals surface area contributed by atoms with Crippen LogP contribution < -0.4 is 5.32 Å². The average Bonchev–Trinajstić information content (AvgIpc) is 3.02. The molecule has 1 atom stereocenters.